The molecule has 1 spiro atoms. The summed E-state index contributed by atoms with van der Waals surface area (Å²) in [6, 6.07) is 14.8. The molecule has 1 aromatic heterocycles. The molecule has 0 bridgehead atoms. The van der Waals surface area contributed by atoms with Gasteiger partial charge in [-0.05, 0) is 43.5 Å². The van der Waals surface area contributed by atoms with Crippen LogP contribution in [0.1, 0.15) is 19.3 Å². The maximum atomic E-state index is 13.3. The first-order valence-electron chi connectivity index (χ1n) is 13.8. The first kappa shape index (κ1) is 30.7. The second kappa shape index (κ2) is 12.9. The summed E-state index contributed by atoms with van der Waals surface area (Å²) in [5, 5.41) is 14.5. The van der Waals surface area contributed by atoms with Crippen LogP contribution in [0.25, 0.3) is 10.9 Å². The lowest BCUT2D eigenvalue weighted by molar-refractivity contribution is -0.0312. The number of halogens is 1. The van der Waals surface area contributed by atoms with E-state index < -0.39 is 38.4 Å². The Morgan fingerprint density at radius 3 is 2.67 bits per heavy atom. The van der Waals surface area contributed by atoms with E-state index in [0.717, 1.165) is 10.9 Å². The van der Waals surface area contributed by atoms with Gasteiger partial charge in [-0.2, -0.15) is 4.31 Å². The van der Waals surface area contributed by atoms with Crippen molar-refractivity contribution in [3.05, 3.63) is 60.8 Å². The van der Waals surface area contributed by atoms with Crippen molar-refractivity contribution in [2.24, 2.45) is 0 Å². The summed E-state index contributed by atoms with van der Waals surface area (Å²) in [4.78, 5) is 4.43. The zero-order chi connectivity index (χ0) is 29.8. The van der Waals surface area contributed by atoms with Gasteiger partial charge in [-0.1, -0.05) is 24.3 Å². The monoisotopic (exact) mass is 622 g/mol. The van der Waals surface area contributed by atoms with E-state index in [4.69, 9.17) is 9.47 Å². The van der Waals surface area contributed by atoms with Crippen LogP contribution in [0.5, 0.6) is 5.75 Å². The zero-order valence-electron chi connectivity index (χ0n) is 23.0. The van der Waals surface area contributed by atoms with E-state index in [1.54, 1.807) is 12.1 Å². The number of hydrogen-bond donors (Lipinski definition) is 3. The molecular formula is C28H35FN4O7S2. The summed E-state index contributed by atoms with van der Waals surface area (Å²) in [6.07, 6.45) is 2.37. The molecule has 2 unspecified atom stereocenters. The number of rotatable bonds is 12. The van der Waals surface area contributed by atoms with Gasteiger partial charge in [0.25, 0.3) is 0 Å². The van der Waals surface area contributed by atoms with Crippen molar-refractivity contribution in [2.75, 3.05) is 46.1 Å². The smallest absolute Gasteiger partial charge is 0.244 e. The number of sulfonamides is 2. The molecule has 0 saturated carbocycles. The third-order valence-corrected chi connectivity index (χ3v) is 11.0. The molecule has 2 aromatic carbocycles. The van der Waals surface area contributed by atoms with E-state index >= 15 is 0 Å². The first-order valence-corrected chi connectivity index (χ1v) is 16.7. The van der Waals surface area contributed by atoms with Gasteiger partial charge < -0.3 is 19.9 Å². The number of nitrogens with one attached hydrogen (secondary N) is 2. The minimum absolute atomic E-state index is 0.0115. The van der Waals surface area contributed by atoms with Crippen LogP contribution in [0.15, 0.2) is 70.6 Å². The molecule has 3 heterocycles. The molecule has 0 amide bonds. The molecule has 42 heavy (non-hydrogen) atoms. The number of nitrogens with zero attached hydrogens (tertiary/aromatic N) is 2. The largest absolute Gasteiger partial charge is 0.491 e. The second-order valence-electron chi connectivity index (χ2n) is 10.6. The Hall–Kier alpha value is -2.72. The standard InChI is InChI=1S/C28H35FN4O7S2/c29-10-11-32-41(35,36)25-6-3-5-24(15-25)39-20-23(34)17-30-22-16-28(40-19-22)8-12-33(13-9-28)42(37,38)26-14-21-4-1-2-7-27(21)31-18-26/h1-7,14-15,18,22-23,30,32,34H,8-13,16-17,19-20H2. The maximum absolute atomic E-state index is 13.3. The Morgan fingerprint density at radius 1 is 1.10 bits per heavy atom. The number of aliphatic hydroxyl groups is 1. The SMILES string of the molecule is O=S(=O)(NCCF)c1cccc(OCC(O)CNC2COC3(CCN(S(=O)(=O)c4cnc5ccccc5c4)CC3)C2)c1. The third kappa shape index (κ3) is 7.08. The molecule has 2 aliphatic heterocycles. The highest BCUT2D eigenvalue weighted by Gasteiger charge is 2.44. The van der Waals surface area contributed by atoms with Crippen molar-refractivity contribution in [1.29, 1.82) is 0 Å². The average Bonchev–Trinajstić information content (AvgIpc) is 3.40. The van der Waals surface area contributed by atoms with Crippen LogP contribution in [-0.2, 0) is 24.8 Å². The normalized spacial score (nSPS) is 20.2. The summed E-state index contributed by atoms with van der Waals surface area (Å²) in [6.45, 7) is 0.170. The fourth-order valence-electron chi connectivity index (χ4n) is 5.34. The Bertz CT molecular complexity index is 1600. The van der Waals surface area contributed by atoms with E-state index in [2.05, 4.69) is 15.0 Å². The maximum Gasteiger partial charge on any atom is 0.244 e. The first-order chi connectivity index (χ1) is 20.1. The molecule has 2 atom stereocenters. The Morgan fingerprint density at radius 2 is 1.88 bits per heavy atom. The molecule has 3 N–H and O–H groups in total. The van der Waals surface area contributed by atoms with E-state index in [0.29, 0.717) is 39.0 Å². The van der Waals surface area contributed by atoms with Crippen LogP contribution in [0, 0.1) is 0 Å². The van der Waals surface area contributed by atoms with Gasteiger partial charge in [0.2, 0.25) is 20.0 Å². The summed E-state index contributed by atoms with van der Waals surface area (Å²) >= 11 is 0. The van der Waals surface area contributed by atoms with Gasteiger partial charge in [-0.15, -0.1) is 0 Å². The minimum Gasteiger partial charge on any atom is -0.491 e. The summed E-state index contributed by atoms with van der Waals surface area (Å²) in [5.74, 6) is 0.265. The Labute approximate surface area is 245 Å². The molecule has 3 aromatic rings. The highest BCUT2D eigenvalue weighted by atomic mass is 32.2. The van der Waals surface area contributed by atoms with Crippen molar-refractivity contribution in [1.82, 2.24) is 19.3 Å². The average molecular weight is 623 g/mol. The highest BCUT2D eigenvalue weighted by molar-refractivity contribution is 7.89. The number of fused-ring (bicyclic) bond motifs is 1. The molecule has 2 fully saturated rings. The van der Waals surface area contributed by atoms with Crippen molar-refractivity contribution in [2.45, 2.75) is 46.8 Å². The fraction of sp³-hybridized carbons (Fsp3) is 0.464. The molecule has 0 radical (unpaired) electrons. The molecular weight excluding hydrogens is 587 g/mol. The number of aromatic nitrogens is 1. The molecule has 5 rings (SSSR count). The van der Waals surface area contributed by atoms with Gasteiger partial charge in [0.1, 0.15) is 30.0 Å². The van der Waals surface area contributed by atoms with E-state index in [1.807, 2.05) is 24.3 Å². The van der Waals surface area contributed by atoms with Crippen LogP contribution in [0.2, 0.25) is 0 Å². The zero-order valence-corrected chi connectivity index (χ0v) is 24.6. The van der Waals surface area contributed by atoms with E-state index in [-0.39, 0.29) is 41.3 Å². The summed E-state index contributed by atoms with van der Waals surface area (Å²) < 4.78 is 78.7. The lowest BCUT2D eigenvalue weighted by Crippen LogP contribution is -2.47. The van der Waals surface area contributed by atoms with Crippen molar-refractivity contribution >= 4 is 30.9 Å². The summed E-state index contributed by atoms with van der Waals surface area (Å²) in [5.41, 5.74) is 0.321. The molecule has 2 saturated heterocycles. The van der Waals surface area contributed by atoms with Gasteiger partial charge >= 0.3 is 0 Å². The van der Waals surface area contributed by atoms with Crippen LogP contribution in [0.4, 0.5) is 4.39 Å². The van der Waals surface area contributed by atoms with Gasteiger partial charge in [-0.25, -0.2) is 25.9 Å². The lowest BCUT2D eigenvalue weighted by Gasteiger charge is -2.38. The van der Waals surface area contributed by atoms with Crippen LogP contribution in [-0.4, -0.2) is 95.0 Å². The predicted molar refractivity (Wildman–Crippen MR) is 154 cm³/mol. The number of alkyl halides is 1. The fourth-order valence-corrected chi connectivity index (χ4v) is 7.81. The van der Waals surface area contributed by atoms with Gasteiger partial charge in [-0.3, -0.25) is 4.98 Å². The van der Waals surface area contributed by atoms with Crippen molar-refractivity contribution in [3.8, 4) is 5.75 Å². The number of pyridine rings is 1. The Balaban J connectivity index is 1.08. The number of aliphatic hydroxyl groups excluding tert-OH is 1. The quantitative estimate of drug-likeness (QED) is 0.275. The number of piperidine rings is 1. The van der Waals surface area contributed by atoms with Gasteiger partial charge in [0.15, 0.2) is 0 Å². The minimum atomic E-state index is -3.85. The van der Waals surface area contributed by atoms with Crippen LogP contribution < -0.4 is 14.8 Å². The van der Waals surface area contributed by atoms with Gasteiger partial charge in [0, 0.05) is 49.9 Å². The molecule has 0 aliphatic carbocycles. The van der Waals surface area contributed by atoms with Crippen LogP contribution in [0.3, 0.4) is 0 Å². The number of ether oxygens (including phenoxy) is 2. The van der Waals surface area contributed by atoms with Crippen molar-refractivity contribution in [3.63, 3.8) is 0 Å². The Kier molecular flexibility index (Phi) is 9.42. The van der Waals surface area contributed by atoms with Crippen molar-refractivity contribution < 1.29 is 35.8 Å². The molecule has 11 nitrogen and oxygen atoms in total. The van der Waals surface area contributed by atoms with E-state index in [9.17, 15) is 26.3 Å². The number of benzene rings is 2. The van der Waals surface area contributed by atoms with E-state index in [1.165, 1.54) is 28.7 Å². The third-order valence-electron chi connectivity index (χ3n) is 7.63. The van der Waals surface area contributed by atoms with Gasteiger partial charge in [0.05, 0.1) is 22.6 Å². The topological polar surface area (TPSA) is 147 Å². The van der Waals surface area contributed by atoms with Crippen LogP contribution >= 0.6 is 0 Å². The molecule has 2 aliphatic rings. The summed E-state index contributed by atoms with van der Waals surface area (Å²) in [7, 11) is -7.53. The lowest BCUT2D eigenvalue weighted by atomic mass is 9.88. The molecule has 14 heteroatoms. The predicted octanol–water partition coefficient (Wildman–Crippen LogP) is 1.82. The molecule has 228 valence electrons. The highest BCUT2D eigenvalue weighted by Crippen LogP contribution is 2.37. The number of hydrogen-bond acceptors (Lipinski definition) is 9. The second-order valence-corrected chi connectivity index (χ2v) is 14.3. The number of para-hydroxylation sites is 1.